The Hall–Kier alpha value is -1.06. The van der Waals surface area contributed by atoms with E-state index in [-0.39, 0.29) is 0 Å². The van der Waals surface area contributed by atoms with Gasteiger partial charge in [-0.15, -0.1) is 11.3 Å². The van der Waals surface area contributed by atoms with Crippen molar-refractivity contribution in [3.8, 4) is 0 Å². The van der Waals surface area contributed by atoms with Gasteiger partial charge in [-0.1, -0.05) is 6.92 Å². The molecule has 3 rings (SSSR count). The van der Waals surface area contributed by atoms with Gasteiger partial charge in [0.2, 0.25) is 0 Å². The Labute approximate surface area is 118 Å². The Morgan fingerprint density at radius 3 is 3.11 bits per heavy atom. The highest BCUT2D eigenvalue weighted by Crippen LogP contribution is 2.34. The molecule has 1 unspecified atom stereocenters. The number of thiophene rings is 1. The van der Waals surface area contributed by atoms with Gasteiger partial charge in [0.15, 0.2) is 0 Å². The van der Waals surface area contributed by atoms with Crippen LogP contribution >= 0.6 is 11.3 Å². The molecule has 2 nitrogen and oxygen atoms in total. The van der Waals surface area contributed by atoms with Crippen LogP contribution in [0.2, 0.25) is 0 Å². The SMILES string of the molecule is CCCNC(Cc1ccoc1)c1cc2c(s1)CCC2. The van der Waals surface area contributed by atoms with Crippen molar-refractivity contribution in [2.75, 3.05) is 6.54 Å². The number of nitrogens with one attached hydrogen (secondary N) is 1. The summed E-state index contributed by atoms with van der Waals surface area (Å²) >= 11 is 2.01. The maximum Gasteiger partial charge on any atom is 0.0935 e. The third-order valence-corrected chi connectivity index (χ3v) is 5.12. The average molecular weight is 275 g/mol. The van der Waals surface area contributed by atoms with Crippen molar-refractivity contribution in [2.24, 2.45) is 0 Å². The van der Waals surface area contributed by atoms with E-state index in [2.05, 4.69) is 24.4 Å². The predicted molar refractivity (Wildman–Crippen MR) is 79.8 cm³/mol. The molecule has 1 aliphatic rings. The van der Waals surface area contributed by atoms with Crippen molar-refractivity contribution < 1.29 is 4.42 Å². The molecule has 2 aromatic rings. The van der Waals surface area contributed by atoms with E-state index in [1.165, 1.54) is 36.1 Å². The van der Waals surface area contributed by atoms with Crippen LogP contribution in [-0.4, -0.2) is 6.54 Å². The van der Waals surface area contributed by atoms with Gasteiger partial charge in [0.25, 0.3) is 0 Å². The molecule has 102 valence electrons. The summed E-state index contributed by atoms with van der Waals surface area (Å²) in [6.07, 6.45) is 9.73. The van der Waals surface area contributed by atoms with Crippen LogP contribution in [0.25, 0.3) is 0 Å². The Morgan fingerprint density at radius 2 is 2.37 bits per heavy atom. The smallest absolute Gasteiger partial charge is 0.0935 e. The van der Waals surface area contributed by atoms with Gasteiger partial charge in [0, 0.05) is 15.8 Å². The van der Waals surface area contributed by atoms with Crippen LogP contribution in [0, 0.1) is 0 Å². The topological polar surface area (TPSA) is 25.2 Å². The van der Waals surface area contributed by atoms with Gasteiger partial charge in [-0.3, -0.25) is 0 Å². The molecular weight excluding hydrogens is 254 g/mol. The second-order valence-corrected chi connectivity index (χ2v) is 6.46. The van der Waals surface area contributed by atoms with Crippen LogP contribution in [0.4, 0.5) is 0 Å². The number of fused-ring (bicyclic) bond motifs is 1. The van der Waals surface area contributed by atoms with Crippen molar-refractivity contribution in [3.63, 3.8) is 0 Å². The number of hydrogen-bond acceptors (Lipinski definition) is 3. The quantitative estimate of drug-likeness (QED) is 0.858. The van der Waals surface area contributed by atoms with Gasteiger partial charge in [-0.05, 0) is 61.9 Å². The zero-order valence-electron chi connectivity index (χ0n) is 11.4. The van der Waals surface area contributed by atoms with E-state index in [4.69, 9.17) is 4.42 Å². The summed E-state index contributed by atoms with van der Waals surface area (Å²) in [6.45, 7) is 3.29. The van der Waals surface area contributed by atoms with E-state index in [0.717, 1.165) is 13.0 Å². The first-order valence-electron chi connectivity index (χ1n) is 7.22. The van der Waals surface area contributed by atoms with Gasteiger partial charge >= 0.3 is 0 Å². The van der Waals surface area contributed by atoms with Gasteiger partial charge < -0.3 is 9.73 Å². The van der Waals surface area contributed by atoms with Crippen molar-refractivity contribution in [1.82, 2.24) is 5.32 Å². The second kappa shape index (κ2) is 5.93. The van der Waals surface area contributed by atoms with Crippen LogP contribution in [0.15, 0.2) is 29.1 Å². The third-order valence-electron chi connectivity index (χ3n) is 3.77. The zero-order valence-corrected chi connectivity index (χ0v) is 12.3. The Balaban J connectivity index is 1.77. The summed E-state index contributed by atoms with van der Waals surface area (Å²) in [4.78, 5) is 3.12. The van der Waals surface area contributed by atoms with E-state index < -0.39 is 0 Å². The maximum atomic E-state index is 5.19. The zero-order chi connectivity index (χ0) is 13.1. The summed E-state index contributed by atoms with van der Waals surface area (Å²) < 4.78 is 5.19. The van der Waals surface area contributed by atoms with Crippen LogP contribution in [0.3, 0.4) is 0 Å². The fraction of sp³-hybridized carbons (Fsp3) is 0.500. The van der Waals surface area contributed by atoms with E-state index >= 15 is 0 Å². The molecule has 1 N–H and O–H groups in total. The summed E-state index contributed by atoms with van der Waals surface area (Å²) in [5.74, 6) is 0. The minimum absolute atomic E-state index is 0.438. The largest absolute Gasteiger partial charge is 0.472 e. The molecule has 0 amide bonds. The van der Waals surface area contributed by atoms with E-state index in [0.29, 0.717) is 6.04 Å². The first-order chi connectivity index (χ1) is 9.36. The molecule has 0 saturated heterocycles. The molecule has 1 aliphatic carbocycles. The number of hydrogen-bond donors (Lipinski definition) is 1. The number of aryl methyl sites for hydroxylation is 2. The lowest BCUT2D eigenvalue weighted by Gasteiger charge is -2.16. The van der Waals surface area contributed by atoms with Gasteiger partial charge in [0.05, 0.1) is 12.5 Å². The molecule has 2 heterocycles. The minimum atomic E-state index is 0.438. The summed E-state index contributed by atoms with van der Waals surface area (Å²) in [5, 5.41) is 3.68. The molecule has 19 heavy (non-hydrogen) atoms. The molecule has 2 aromatic heterocycles. The minimum Gasteiger partial charge on any atom is -0.472 e. The van der Waals surface area contributed by atoms with Gasteiger partial charge in [0.1, 0.15) is 0 Å². The molecular formula is C16H21NOS. The maximum absolute atomic E-state index is 5.19. The normalized spacial score (nSPS) is 15.6. The molecule has 3 heteroatoms. The third kappa shape index (κ3) is 2.93. The van der Waals surface area contributed by atoms with Crippen molar-refractivity contribution in [2.45, 2.75) is 45.1 Å². The molecule has 1 atom stereocenters. The summed E-state index contributed by atoms with van der Waals surface area (Å²) in [6, 6.07) is 4.94. The number of furan rings is 1. The summed E-state index contributed by atoms with van der Waals surface area (Å²) in [5.41, 5.74) is 2.87. The number of rotatable bonds is 6. The highest BCUT2D eigenvalue weighted by atomic mass is 32.1. The fourth-order valence-electron chi connectivity index (χ4n) is 2.76. The van der Waals surface area contributed by atoms with Gasteiger partial charge in [-0.2, -0.15) is 0 Å². The molecule has 0 aromatic carbocycles. The van der Waals surface area contributed by atoms with Crippen LogP contribution in [0.5, 0.6) is 0 Å². The fourth-order valence-corrected chi connectivity index (χ4v) is 4.09. The van der Waals surface area contributed by atoms with Gasteiger partial charge in [-0.25, -0.2) is 0 Å². The highest BCUT2D eigenvalue weighted by molar-refractivity contribution is 7.12. The molecule has 0 radical (unpaired) electrons. The lowest BCUT2D eigenvalue weighted by atomic mass is 10.1. The molecule has 0 aliphatic heterocycles. The monoisotopic (exact) mass is 275 g/mol. The first-order valence-corrected chi connectivity index (χ1v) is 8.04. The van der Waals surface area contributed by atoms with Crippen molar-refractivity contribution >= 4 is 11.3 Å². The van der Waals surface area contributed by atoms with E-state index in [1.807, 2.05) is 17.6 Å². The Bertz CT molecular complexity index is 493. The average Bonchev–Trinajstić information content (AvgIpc) is 3.09. The molecule has 0 fully saturated rings. The molecule has 0 spiro atoms. The Morgan fingerprint density at radius 1 is 1.42 bits per heavy atom. The lowest BCUT2D eigenvalue weighted by Crippen LogP contribution is -2.23. The summed E-state index contributed by atoms with van der Waals surface area (Å²) in [7, 11) is 0. The van der Waals surface area contributed by atoms with Crippen molar-refractivity contribution in [3.05, 3.63) is 45.5 Å². The highest BCUT2D eigenvalue weighted by Gasteiger charge is 2.20. The van der Waals surface area contributed by atoms with Crippen LogP contribution in [0.1, 0.15) is 46.7 Å². The van der Waals surface area contributed by atoms with E-state index in [9.17, 15) is 0 Å². The van der Waals surface area contributed by atoms with Crippen LogP contribution < -0.4 is 5.32 Å². The van der Waals surface area contributed by atoms with E-state index in [1.54, 1.807) is 16.7 Å². The van der Waals surface area contributed by atoms with Crippen LogP contribution in [-0.2, 0) is 19.3 Å². The van der Waals surface area contributed by atoms with Crippen molar-refractivity contribution in [1.29, 1.82) is 0 Å². The molecule has 0 saturated carbocycles. The first kappa shape index (κ1) is 12.9. The predicted octanol–water partition coefficient (Wildman–Crippen LogP) is 4.11. The Kier molecular flexibility index (Phi) is 4.04. The second-order valence-electron chi connectivity index (χ2n) is 5.29. The molecule has 0 bridgehead atoms. The standard InChI is InChI=1S/C16H21NOS/c1-2-7-17-14(9-12-6-8-18-11-12)16-10-13-4-3-5-15(13)19-16/h6,8,10-11,14,17H,2-5,7,9H2,1H3. The lowest BCUT2D eigenvalue weighted by molar-refractivity contribution is 0.526.